The molecule has 116 valence electrons. The van der Waals surface area contributed by atoms with Crippen molar-refractivity contribution >= 4 is 34.8 Å². The second kappa shape index (κ2) is 6.44. The Balaban J connectivity index is 1.81. The second-order valence-electron chi connectivity index (χ2n) is 5.06. The molecule has 2 N–H and O–H groups in total. The average molecular weight is 346 g/mol. The molecule has 0 atom stereocenters. The van der Waals surface area contributed by atoms with Gasteiger partial charge in [0.15, 0.2) is 0 Å². The molecule has 0 saturated heterocycles. The van der Waals surface area contributed by atoms with Gasteiger partial charge in [-0.05, 0) is 36.8 Å². The number of anilines is 1. The van der Waals surface area contributed by atoms with Crippen LogP contribution in [-0.4, -0.2) is 16.1 Å². The summed E-state index contributed by atoms with van der Waals surface area (Å²) in [6, 6.07) is 14.3. The number of amides is 1. The predicted octanol–water partition coefficient (Wildman–Crippen LogP) is 4.94. The van der Waals surface area contributed by atoms with Crippen LogP contribution < -0.4 is 5.32 Å². The van der Waals surface area contributed by atoms with Gasteiger partial charge in [-0.1, -0.05) is 47.5 Å². The van der Waals surface area contributed by atoms with Gasteiger partial charge in [0.05, 0.1) is 10.7 Å². The minimum Gasteiger partial charge on any atom is -0.321 e. The number of hydrogen-bond donors (Lipinski definition) is 2. The van der Waals surface area contributed by atoms with E-state index >= 15 is 0 Å². The Labute approximate surface area is 143 Å². The summed E-state index contributed by atoms with van der Waals surface area (Å²) in [6.45, 7) is 1.90. The third-order valence-corrected chi connectivity index (χ3v) is 4.14. The Morgan fingerprint density at radius 3 is 2.61 bits per heavy atom. The van der Waals surface area contributed by atoms with Crippen molar-refractivity contribution in [3.8, 4) is 11.3 Å². The predicted molar refractivity (Wildman–Crippen MR) is 93.2 cm³/mol. The molecule has 0 aliphatic heterocycles. The molecule has 0 fully saturated rings. The van der Waals surface area contributed by atoms with Gasteiger partial charge in [0.25, 0.3) is 5.91 Å². The molecule has 0 aliphatic rings. The van der Waals surface area contributed by atoms with E-state index in [1.807, 2.05) is 31.2 Å². The topological polar surface area (TPSA) is 57.8 Å². The molecule has 0 spiro atoms. The van der Waals surface area contributed by atoms with Crippen molar-refractivity contribution in [3.63, 3.8) is 0 Å². The molecule has 0 radical (unpaired) electrons. The van der Waals surface area contributed by atoms with E-state index in [1.165, 1.54) is 0 Å². The van der Waals surface area contributed by atoms with Crippen LogP contribution in [0.2, 0.25) is 10.0 Å². The van der Waals surface area contributed by atoms with E-state index in [4.69, 9.17) is 23.2 Å². The largest absolute Gasteiger partial charge is 0.321 e. The highest BCUT2D eigenvalue weighted by Gasteiger charge is 2.13. The van der Waals surface area contributed by atoms with Crippen LogP contribution in [0, 0.1) is 6.92 Å². The Bertz CT molecular complexity index is 874. The van der Waals surface area contributed by atoms with Gasteiger partial charge in [0.2, 0.25) is 0 Å². The summed E-state index contributed by atoms with van der Waals surface area (Å²) in [5, 5.41) is 10.8. The van der Waals surface area contributed by atoms with Gasteiger partial charge < -0.3 is 5.32 Å². The quantitative estimate of drug-likeness (QED) is 0.705. The lowest BCUT2D eigenvalue weighted by Gasteiger charge is -2.05. The number of carbonyl (C=O) groups excluding carboxylic acids is 1. The second-order valence-corrected chi connectivity index (χ2v) is 5.88. The fourth-order valence-electron chi connectivity index (χ4n) is 2.11. The molecule has 0 saturated carbocycles. The highest BCUT2D eigenvalue weighted by molar-refractivity contribution is 6.33. The van der Waals surface area contributed by atoms with Crippen LogP contribution >= 0.6 is 23.2 Å². The molecule has 2 aromatic carbocycles. The Morgan fingerprint density at radius 2 is 1.87 bits per heavy atom. The fraction of sp³-hybridized carbons (Fsp3) is 0.0588. The van der Waals surface area contributed by atoms with Crippen molar-refractivity contribution in [1.29, 1.82) is 0 Å². The average Bonchev–Trinajstić information content (AvgIpc) is 3.01. The Kier molecular flexibility index (Phi) is 4.37. The van der Waals surface area contributed by atoms with Crippen LogP contribution in [-0.2, 0) is 0 Å². The van der Waals surface area contributed by atoms with Crippen LogP contribution in [0.15, 0.2) is 48.5 Å². The summed E-state index contributed by atoms with van der Waals surface area (Å²) in [5.41, 5.74) is 3.30. The Morgan fingerprint density at radius 1 is 1.09 bits per heavy atom. The molecule has 6 heteroatoms. The first kappa shape index (κ1) is 15.6. The smallest absolute Gasteiger partial charge is 0.273 e. The normalized spacial score (nSPS) is 10.6. The monoisotopic (exact) mass is 345 g/mol. The first-order valence-electron chi connectivity index (χ1n) is 6.92. The van der Waals surface area contributed by atoms with E-state index in [0.29, 0.717) is 27.1 Å². The van der Waals surface area contributed by atoms with E-state index in [1.54, 1.807) is 24.3 Å². The molecule has 1 heterocycles. The van der Waals surface area contributed by atoms with Crippen LogP contribution in [0.1, 0.15) is 16.1 Å². The number of hydrogen-bond acceptors (Lipinski definition) is 2. The van der Waals surface area contributed by atoms with Crippen LogP contribution in [0.5, 0.6) is 0 Å². The molecule has 4 nitrogen and oxygen atoms in total. The van der Waals surface area contributed by atoms with Crippen molar-refractivity contribution in [1.82, 2.24) is 10.2 Å². The van der Waals surface area contributed by atoms with Crippen molar-refractivity contribution in [2.75, 3.05) is 5.32 Å². The molecular weight excluding hydrogens is 333 g/mol. The number of nitrogens with one attached hydrogen (secondary N) is 2. The standard InChI is InChI=1S/C17H13Cl2N3O/c1-10-6-7-11(8-14(10)19)20-17(23)16-9-15(21-22-16)12-4-2-3-5-13(12)18/h2-9H,1H3,(H,20,23)(H,21,22). The lowest BCUT2D eigenvalue weighted by Crippen LogP contribution is -2.12. The van der Waals surface area contributed by atoms with E-state index < -0.39 is 0 Å². The zero-order valence-corrected chi connectivity index (χ0v) is 13.7. The number of aromatic nitrogens is 2. The van der Waals surface area contributed by atoms with Gasteiger partial charge in [0.1, 0.15) is 5.69 Å². The summed E-state index contributed by atoms with van der Waals surface area (Å²) < 4.78 is 0. The van der Waals surface area contributed by atoms with Crippen molar-refractivity contribution in [3.05, 3.63) is 69.8 Å². The maximum absolute atomic E-state index is 12.3. The summed E-state index contributed by atoms with van der Waals surface area (Å²) in [5.74, 6) is -0.296. The summed E-state index contributed by atoms with van der Waals surface area (Å²) in [6.07, 6.45) is 0. The zero-order valence-electron chi connectivity index (χ0n) is 12.2. The lowest BCUT2D eigenvalue weighted by atomic mass is 10.1. The van der Waals surface area contributed by atoms with E-state index in [-0.39, 0.29) is 5.91 Å². The Hall–Kier alpha value is -2.30. The van der Waals surface area contributed by atoms with Crippen molar-refractivity contribution < 1.29 is 4.79 Å². The fourth-order valence-corrected chi connectivity index (χ4v) is 2.53. The highest BCUT2D eigenvalue weighted by atomic mass is 35.5. The summed E-state index contributed by atoms with van der Waals surface area (Å²) in [7, 11) is 0. The van der Waals surface area contributed by atoms with E-state index in [2.05, 4.69) is 15.5 Å². The van der Waals surface area contributed by atoms with Gasteiger partial charge in [-0.2, -0.15) is 5.10 Å². The third-order valence-electron chi connectivity index (χ3n) is 3.40. The van der Waals surface area contributed by atoms with Gasteiger partial charge >= 0.3 is 0 Å². The number of aromatic amines is 1. The number of benzene rings is 2. The van der Waals surface area contributed by atoms with Gasteiger partial charge in [-0.3, -0.25) is 9.89 Å². The maximum Gasteiger partial charge on any atom is 0.273 e. The van der Waals surface area contributed by atoms with Crippen LogP contribution in [0.4, 0.5) is 5.69 Å². The lowest BCUT2D eigenvalue weighted by molar-refractivity contribution is 0.102. The molecule has 1 amide bonds. The molecule has 0 bridgehead atoms. The molecule has 0 aliphatic carbocycles. The van der Waals surface area contributed by atoms with Crippen LogP contribution in [0.3, 0.4) is 0 Å². The summed E-state index contributed by atoms with van der Waals surface area (Å²) in [4.78, 5) is 12.3. The van der Waals surface area contributed by atoms with Crippen molar-refractivity contribution in [2.24, 2.45) is 0 Å². The van der Waals surface area contributed by atoms with Gasteiger partial charge in [-0.15, -0.1) is 0 Å². The first-order valence-corrected chi connectivity index (χ1v) is 7.68. The van der Waals surface area contributed by atoms with Gasteiger partial charge in [-0.25, -0.2) is 0 Å². The summed E-state index contributed by atoms with van der Waals surface area (Å²) >= 11 is 12.2. The number of halogens is 2. The minimum absolute atomic E-state index is 0.296. The molecule has 0 unspecified atom stereocenters. The molecule has 23 heavy (non-hydrogen) atoms. The van der Waals surface area contributed by atoms with Crippen LogP contribution in [0.25, 0.3) is 11.3 Å². The number of rotatable bonds is 3. The van der Waals surface area contributed by atoms with E-state index in [9.17, 15) is 4.79 Å². The number of nitrogens with zero attached hydrogens (tertiary/aromatic N) is 1. The number of carbonyl (C=O) groups is 1. The van der Waals surface area contributed by atoms with E-state index in [0.717, 1.165) is 11.1 Å². The highest BCUT2D eigenvalue weighted by Crippen LogP contribution is 2.26. The third kappa shape index (κ3) is 3.38. The van der Waals surface area contributed by atoms with Crippen molar-refractivity contribution in [2.45, 2.75) is 6.92 Å². The minimum atomic E-state index is -0.296. The molecule has 1 aromatic heterocycles. The first-order chi connectivity index (χ1) is 11.0. The number of H-pyrrole nitrogens is 1. The molecular formula is C17H13Cl2N3O. The number of aryl methyl sites for hydroxylation is 1. The SMILES string of the molecule is Cc1ccc(NC(=O)c2cc(-c3ccccc3Cl)n[nH]2)cc1Cl. The molecule has 3 rings (SSSR count). The van der Waals surface area contributed by atoms with Gasteiger partial charge in [0, 0.05) is 16.3 Å². The maximum atomic E-state index is 12.3. The molecule has 3 aromatic rings. The zero-order chi connectivity index (χ0) is 16.4.